The average molecular weight is 370 g/mol. The van der Waals surface area contributed by atoms with Crippen LogP contribution < -0.4 is 10.1 Å². The topological polar surface area (TPSA) is 116 Å². The Labute approximate surface area is 155 Å². The monoisotopic (exact) mass is 370 g/mol. The second-order valence-corrected chi connectivity index (χ2v) is 6.04. The summed E-state index contributed by atoms with van der Waals surface area (Å²) >= 11 is 0. The van der Waals surface area contributed by atoms with Crippen LogP contribution in [0.5, 0.6) is 11.5 Å². The van der Waals surface area contributed by atoms with Gasteiger partial charge in [-0.1, -0.05) is 30.3 Å². The molecule has 1 saturated heterocycles. The Morgan fingerprint density at radius 1 is 1.19 bits per heavy atom. The van der Waals surface area contributed by atoms with Crippen molar-refractivity contribution in [3.63, 3.8) is 0 Å². The van der Waals surface area contributed by atoms with Crippen LogP contribution in [0.1, 0.15) is 18.4 Å². The zero-order chi connectivity index (χ0) is 19.4. The van der Waals surface area contributed by atoms with Crippen LogP contribution in [0.2, 0.25) is 0 Å². The molecule has 1 aliphatic heterocycles. The molecule has 3 N–H and O–H groups in total. The molecule has 0 saturated carbocycles. The molecule has 27 heavy (non-hydrogen) atoms. The first-order valence-electron chi connectivity index (χ1n) is 8.31. The molecule has 3 amide bonds. The lowest BCUT2D eigenvalue weighted by molar-refractivity contribution is -0.145. The number of likely N-dealkylation sites (tertiary alicyclic amines) is 1. The number of nitrogens with zero attached hydrogens (tertiary/aromatic N) is 1. The van der Waals surface area contributed by atoms with E-state index in [1.807, 2.05) is 30.3 Å². The fraction of sp³-hybridized carbons (Fsp3) is 0.211. The number of rotatable bonds is 5. The largest absolute Gasteiger partial charge is 0.506 e. The van der Waals surface area contributed by atoms with Crippen molar-refractivity contribution in [3.05, 3.63) is 54.1 Å². The highest BCUT2D eigenvalue weighted by molar-refractivity contribution is 6.12. The van der Waals surface area contributed by atoms with Crippen molar-refractivity contribution in [2.45, 2.75) is 25.5 Å². The minimum Gasteiger partial charge on any atom is -0.506 e. The number of aromatic hydroxyl groups is 1. The van der Waals surface area contributed by atoms with Gasteiger partial charge in [0.1, 0.15) is 24.1 Å². The quantitative estimate of drug-likeness (QED) is 0.547. The maximum Gasteiger partial charge on any atom is 0.421 e. The van der Waals surface area contributed by atoms with Crippen LogP contribution in [-0.4, -0.2) is 39.1 Å². The SMILES string of the molecule is O=C(O)N1C(=O)CCC(Nc2ccc(OCc3ccccc3)cc2O)C1=O. The number of amides is 3. The number of carbonyl (C=O) groups is 3. The second-order valence-electron chi connectivity index (χ2n) is 6.04. The summed E-state index contributed by atoms with van der Waals surface area (Å²) in [7, 11) is 0. The van der Waals surface area contributed by atoms with Gasteiger partial charge in [0, 0.05) is 12.5 Å². The number of benzene rings is 2. The van der Waals surface area contributed by atoms with Gasteiger partial charge in [-0.15, -0.1) is 0 Å². The van der Waals surface area contributed by atoms with Crippen LogP contribution in [0.15, 0.2) is 48.5 Å². The highest BCUT2D eigenvalue weighted by Gasteiger charge is 2.38. The Balaban J connectivity index is 1.66. The Morgan fingerprint density at radius 2 is 1.93 bits per heavy atom. The lowest BCUT2D eigenvalue weighted by atomic mass is 10.0. The first-order chi connectivity index (χ1) is 13.0. The van der Waals surface area contributed by atoms with Crippen LogP contribution >= 0.6 is 0 Å². The number of piperidine rings is 1. The molecule has 2 aromatic carbocycles. The predicted molar refractivity (Wildman–Crippen MR) is 95.4 cm³/mol. The number of nitrogens with one attached hydrogen (secondary N) is 1. The number of hydrogen-bond donors (Lipinski definition) is 3. The van der Waals surface area contributed by atoms with E-state index in [9.17, 15) is 19.5 Å². The maximum atomic E-state index is 12.2. The highest BCUT2D eigenvalue weighted by atomic mass is 16.5. The molecule has 0 aliphatic carbocycles. The second kappa shape index (κ2) is 7.77. The number of imide groups is 3. The normalized spacial score (nSPS) is 16.9. The summed E-state index contributed by atoms with van der Waals surface area (Å²) in [5.41, 5.74) is 1.23. The summed E-state index contributed by atoms with van der Waals surface area (Å²) in [6.07, 6.45) is -1.53. The average Bonchev–Trinajstić information content (AvgIpc) is 2.64. The zero-order valence-corrected chi connectivity index (χ0v) is 14.3. The fourth-order valence-corrected chi connectivity index (χ4v) is 2.77. The van der Waals surface area contributed by atoms with E-state index in [2.05, 4.69) is 5.32 Å². The maximum absolute atomic E-state index is 12.2. The summed E-state index contributed by atoms with van der Waals surface area (Å²) in [6.45, 7) is 0.337. The van der Waals surface area contributed by atoms with E-state index in [1.165, 1.54) is 12.1 Å². The molecular weight excluding hydrogens is 352 g/mol. The number of carbonyl (C=O) groups excluding carboxylic acids is 2. The van der Waals surface area contributed by atoms with Gasteiger partial charge >= 0.3 is 6.09 Å². The third-order valence-corrected chi connectivity index (χ3v) is 4.15. The minimum atomic E-state index is -1.61. The number of phenols is 1. The number of anilines is 1. The van der Waals surface area contributed by atoms with Crippen molar-refractivity contribution in [1.29, 1.82) is 0 Å². The first-order valence-corrected chi connectivity index (χ1v) is 8.31. The van der Waals surface area contributed by atoms with Gasteiger partial charge in [0.25, 0.3) is 5.91 Å². The van der Waals surface area contributed by atoms with Crippen molar-refractivity contribution in [3.8, 4) is 11.5 Å². The molecular formula is C19H18N2O6. The van der Waals surface area contributed by atoms with Crippen LogP contribution in [0.3, 0.4) is 0 Å². The summed E-state index contributed by atoms with van der Waals surface area (Å²) in [5.74, 6) is -1.31. The van der Waals surface area contributed by atoms with Crippen LogP contribution in [0.4, 0.5) is 10.5 Å². The third kappa shape index (κ3) is 4.17. The molecule has 2 aromatic rings. The standard InChI is InChI=1S/C19H18N2O6/c22-16-10-13(27-11-12-4-2-1-3-5-12)6-7-14(16)20-15-8-9-17(23)21(18(15)24)19(25)26/h1-7,10,15,20,22H,8-9,11H2,(H,25,26). The van der Waals surface area contributed by atoms with Crippen molar-refractivity contribution < 1.29 is 29.3 Å². The number of carboxylic acid groups (broad SMARTS) is 1. The van der Waals surface area contributed by atoms with E-state index in [1.54, 1.807) is 6.07 Å². The van der Waals surface area contributed by atoms with Crippen LogP contribution in [-0.2, 0) is 16.2 Å². The molecule has 0 bridgehead atoms. The first kappa shape index (κ1) is 18.2. The Hall–Kier alpha value is -3.55. The van der Waals surface area contributed by atoms with E-state index in [-0.39, 0.29) is 29.2 Å². The third-order valence-electron chi connectivity index (χ3n) is 4.15. The molecule has 1 atom stereocenters. The van der Waals surface area contributed by atoms with Gasteiger partial charge in [-0.25, -0.2) is 4.79 Å². The lowest BCUT2D eigenvalue weighted by Crippen LogP contribution is -2.52. The van der Waals surface area contributed by atoms with Crippen molar-refractivity contribution in [2.24, 2.45) is 0 Å². The molecule has 140 valence electrons. The molecule has 0 spiro atoms. The molecule has 1 heterocycles. The zero-order valence-electron chi connectivity index (χ0n) is 14.3. The number of phenolic OH excluding ortho intramolecular Hbond substituents is 1. The molecule has 3 rings (SSSR count). The van der Waals surface area contributed by atoms with Crippen LogP contribution in [0, 0.1) is 0 Å². The van der Waals surface area contributed by atoms with Crippen molar-refractivity contribution >= 4 is 23.6 Å². The predicted octanol–water partition coefficient (Wildman–Crippen LogP) is 2.58. The van der Waals surface area contributed by atoms with Gasteiger partial charge in [-0.3, -0.25) is 9.59 Å². The smallest absolute Gasteiger partial charge is 0.421 e. The van der Waals surface area contributed by atoms with Gasteiger partial charge in [-0.05, 0) is 24.1 Å². The molecule has 8 heteroatoms. The van der Waals surface area contributed by atoms with Crippen molar-refractivity contribution in [2.75, 3.05) is 5.32 Å². The summed E-state index contributed by atoms with van der Waals surface area (Å²) in [4.78, 5) is 35.0. The molecule has 0 radical (unpaired) electrons. The molecule has 8 nitrogen and oxygen atoms in total. The molecule has 0 aromatic heterocycles. The highest BCUT2D eigenvalue weighted by Crippen LogP contribution is 2.30. The lowest BCUT2D eigenvalue weighted by Gasteiger charge is -2.28. The van der Waals surface area contributed by atoms with E-state index in [0.29, 0.717) is 12.4 Å². The summed E-state index contributed by atoms with van der Waals surface area (Å²) in [5, 5.41) is 22.0. The van der Waals surface area contributed by atoms with E-state index >= 15 is 0 Å². The summed E-state index contributed by atoms with van der Waals surface area (Å²) in [6, 6.07) is 13.2. The Morgan fingerprint density at radius 3 is 2.59 bits per heavy atom. The summed E-state index contributed by atoms with van der Waals surface area (Å²) < 4.78 is 5.62. The fourth-order valence-electron chi connectivity index (χ4n) is 2.77. The van der Waals surface area contributed by atoms with Gasteiger partial charge < -0.3 is 20.3 Å². The number of hydrogen-bond acceptors (Lipinski definition) is 6. The Kier molecular flexibility index (Phi) is 5.25. The van der Waals surface area contributed by atoms with E-state index in [0.717, 1.165) is 5.56 Å². The Bertz CT molecular complexity index is 868. The van der Waals surface area contributed by atoms with Gasteiger partial charge in [0.2, 0.25) is 5.91 Å². The van der Waals surface area contributed by atoms with Gasteiger partial charge in [-0.2, -0.15) is 4.90 Å². The van der Waals surface area contributed by atoms with Crippen LogP contribution in [0.25, 0.3) is 0 Å². The van der Waals surface area contributed by atoms with Gasteiger partial charge in [0.15, 0.2) is 0 Å². The molecule has 1 aliphatic rings. The van der Waals surface area contributed by atoms with Crippen molar-refractivity contribution in [1.82, 2.24) is 4.90 Å². The van der Waals surface area contributed by atoms with Gasteiger partial charge in [0.05, 0.1) is 5.69 Å². The minimum absolute atomic E-state index is 0.0747. The van der Waals surface area contributed by atoms with E-state index < -0.39 is 23.9 Å². The van der Waals surface area contributed by atoms with E-state index in [4.69, 9.17) is 9.84 Å². The number of ether oxygens (including phenoxy) is 1. The molecule has 1 unspecified atom stereocenters. The molecule has 1 fully saturated rings.